The predicted molar refractivity (Wildman–Crippen MR) is 196 cm³/mol. The molecule has 43 heavy (non-hydrogen) atoms. The Kier molecular flexibility index (Phi) is 18.1. The van der Waals surface area contributed by atoms with Crippen molar-refractivity contribution in [3.63, 3.8) is 0 Å². The van der Waals surface area contributed by atoms with E-state index in [9.17, 15) is 10.0 Å². The van der Waals surface area contributed by atoms with Crippen molar-refractivity contribution in [3.05, 3.63) is 46.5 Å². The molecule has 0 aromatic heterocycles. The number of rotatable bonds is 23. The summed E-state index contributed by atoms with van der Waals surface area (Å²) in [6, 6.07) is 9.81. The van der Waals surface area contributed by atoms with E-state index in [1.54, 1.807) is 10.8 Å². The molecule has 242 valence electrons. The van der Waals surface area contributed by atoms with Crippen molar-refractivity contribution in [2.75, 3.05) is 0 Å². The van der Waals surface area contributed by atoms with E-state index in [1.807, 2.05) is 0 Å². The van der Waals surface area contributed by atoms with Gasteiger partial charge < -0.3 is 10.0 Å². The zero-order valence-corrected chi connectivity index (χ0v) is 30.4. The summed E-state index contributed by atoms with van der Waals surface area (Å²) < 4.78 is 0. The van der Waals surface area contributed by atoms with Gasteiger partial charge in [-0.05, 0) is 90.2 Å². The molecule has 4 heteroatoms. The van der Waals surface area contributed by atoms with Gasteiger partial charge in [0.05, 0.1) is 8.07 Å². The zero-order chi connectivity index (χ0) is 31.7. The van der Waals surface area contributed by atoms with Crippen molar-refractivity contribution in [2.24, 2.45) is 0 Å². The van der Waals surface area contributed by atoms with E-state index in [2.05, 4.69) is 71.6 Å². The van der Waals surface area contributed by atoms with Gasteiger partial charge >= 0.3 is 7.12 Å². The first-order valence-corrected chi connectivity index (χ1v) is 21.9. The van der Waals surface area contributed by atoms with E-state index in [0.29, 0.717) is 0 Å². The van der Waals surface area contributed by atoms with Crippen LogP contribution < -0.4 is 10.6 Å². The average molecular weight is 607 g/mol. The third kappa shape index (κ3) is 12.9. The Bertz CT molecular complexity index is 1060. The van der Waals surface area contributed by atoms with Crippen molar-refractivity contribution in [1.29, 1.82) is 0 Å². The second kappa shape index (κ2) is 20.6. The Morgan fingerprint density at radius 1 is 0.465 bits per heavy atom. The summed E-state index contributed by atoms with van der Waals surface area (Å²) in [5, 5.41) is 22.6. The molecule has 0 saturated heterocycles. The molecule has 0 amide bonds. The molecule has 2 nitrogen and oxygen atoms in total. The fraction of sp³-hybridized carbons (Fsp3) is 0.692. The molecule has 2 aromatic carbocycles. The molecule has 0 aliphatic heterocycles. The van der Waals surface area contributed by atoms with Gasteiger partial charge in [-0.1, -0.05) is 154 Å². The van der Waals surface area contributed by atoms with Crippen LogP contribution in [0, 0.1) is 0 Å². The smallest absolute Gasteiger partial charge is 0.423 e. The average Bonchev–Trinajstić information content (AvgIpc) is 2.97. The number of unbranched alkanes of at least 4 members (excludes halogenated alkanes) is 12. The minimum Gasteiger partial charge on any atom is -0.423 e. The molecule has 2 aromatic rings. The Labute approximate surface area is 268 Å². The highest BCUT2D eigenvalue weighted by atomic mass is 28.3. The lowest BCUT2D eigenvalue weighted by Crippen LogP contribution is -2.40. The topological polar surface area (TPSA) is 40.5 Å². The summed E-state index contributed by atoms with van der Waals surface area (Å²) >= 11 is 0. The highest BCUT2D eigenvalue weighted by Gasteiger charge is 2.25. The van der Waals surface area contributed by atoms with Crippen molar-refractivity contribution in [3.8, 4) is 11.1 Å². The van der Waals surface area contributed by atoms with E-state index >= 15 is 0 Å². The van der Waals surface area contributed by atoms with Crippen LogP contribution in [0.15, 0.2) is 24.3 Å². The van der Waals surface area contributed by atoms with Crippen LogP contribution in [0.1, 0.15) is 153 Å². The fourth-order valence-corrected chi connectivity index (χ4v) is 8.41. The summed E-state index contributed by atoms with van der Waals surface area (Å²) in [7, 11) is -2.94. The lowest BCUT2D eigenvalue weighted by molar-refractivity contribution is 0.425. The third-order valence-electron chi connectivity index (χ3n) is 9.27. The van der Waals surface area contributed by atoms with Crippen LogP contribution in [-0.4, -0.2) is 25.2 Å². The monoisotopic (exact) mass is 607 g/mol. The van der Waals surface area contributed by atoms with Gasteiger partial charge in [0.2, 0.25) is 0 Å². The highest BCUT2D eigenvalue weighted by Crippen LogP contribution is 2.33. The van der Waals surface area contributed by atoms with E-state index in [0.717, 1.165) is 43.1 Å². The molecule has 2 rings (SSSR count). The molecule has 0 saturated carbocycles. The van der Waals surface area contributed by atoms with Crippen LogP contribution in [0.25, 0.3) is 11.1 Å². The molecule has 0 spiro atoms. The third-order valence-corrected chi connectivity index (χ3v) is 11.4. The lowest BCUT2D eigenvalue weighted by Gasteiger charge is -2.26. The fourth-order valence-electron chi connectivity index (χ4n) is 6.64. The van der Waals surface area contributed by atoms with E-state index in [1.165, 1.54) is 119 Å². The molecular formula is C39H67BO2Si. The predicted octanol–water partition coefficient (Wildman–Crippen LogP) is 10.1. The Morgan fingerprint density at radius 2 is 0.837 bits per heavy atom. The largest absolute Gasteiger partial charge is 0.488 e. The van der Waals surface area contributed by atoms with Gasteiger partial charge in [0.15, 0.2) is 0 Å². The van der Waals surface area contributed by atoms with Gasteiger partial charge in [-0.2, -0.15) is 0 Å². The maximum absolute atomic E-state index is 10.5. The van der Waals surface area contributed by atoms with Gasteiger partial charge in [-0.25, -0.2) is 0 Å². The number of hydrogen-bond donors (Lipinski definition) is 2. The molecule has 2 N–H and O–H groups in total. The van der Waals surface area contributed by atoms with Gasteiger partial charge in [0.1, 0.15) is 0 Å². The van der Waals surface area contributed by atoms with Crippen LogP contribution >= 0.6 is 0 Å². The normalized spacial score (nSPS) is 11.8. The molecule has 0 aliphatic rings. The number of aryl methyl sites for hydroxylation is 4. The van der Waals surface area contributed by atoms with E-state index < -0.39 is 15.2 Å². The summed E-state index contributed by atoms with van der Waals surface area (Å²) in [5.41, 5.74) is 9.08. The van der Waals surface area contributed by atoms with Crippen LogP contribution in [0.4, 0.5) is 0 Å². The maximum atomic E-state index is 10.5. The molecule has 0 unspecified atom stereocenters. The van der Waals surface area contributed by atoms with Crippen LogP contribution in [-0.2, 0) is 25.7 Å². The van der Waals surface area contributed by atoms with Gasteiger partial charge in [0, 0.05) is 0 Å². The minimum atomic E-state index is -1.53. The molecule has 0 fully saturated rings. The summed E-state index contributed by atoms with van der Waals surface area (Å²) in [4.78, 5) is 0. The quantitative estimate of drug-likeness (QED) is 0.0976. The highest BCUT2D eigenvalue weighted by molar-refractivity contribution is 6.89. The maximum Gasteiger partial charge on any atom is 0.488 e. The second-order valence-electron chi connectivity index (χ2n) is 14.2. The second-order valence-corrected chi connectivity index (χ2v) is 19.3. The Hall–Kier alpha value is -1.36. The first-order chi connectivity index (χ1) is 20.7. The van der Waals surface area contributed by atoms with Crippen molar-refractivity contribution < 1.29 is 10.0 Å². The zero-order valence-electron chi connectivity index (χ0n) is 29.4. The van der Waals surface area contributed by atoms with Crippen molar-refractivity contribution in [2.45, 2.75) is 176 Å². The minimum absolute atomic E-state index is 0.730. The van der Waals surface area contributed by atoms with Crippen LogP contribution in [0.3, 0.4) is 0 Å². The van der Waals surface area contributed by atoms with Crippen LogP contribution in [0.2, 0.25) is 19.6 Å². The van der Waals surface area contributed by atoms with Gasteiger partial charge in [-0.3, -0.25) is 0 Å². The molecule has 0 atom stereocenters. The molecule has 0 radical (unpaired) electrons. The van der Waals surface area contributed by atoms with Crippen LogP contribution in [0.5, 0.6) is 0 Å². The number of hydrogen-bond acceptors (Lipinski definition) is 2. The Morgan fingerprint density at radius 3 is 1.23 bits per heavy atom. The summed E-state index contributed by atoms with van der Waals surface area (Å²) in [5.74, 6) is 0. The molecule has 0 aliphatic carbocycles. The Balaban J connectivity index is 2.74. The lowest BCUT2D eigenvalue weighted by atomic mass is 9.73. The summed E-state index contributed by atoms with van der Waals surface area (Å²) in [6.45, 7) is 16.7. The van der Waals surface area contributed by atoms with Gasteiger partial charge in [-0.15, -0.1) is 0 Å². The molecule has 0 bridgehead atoms. The van der Waals surface area contributed by atoms with E-state index in [-0.39, 0.29) is 0 Å². The molecular weight excluding hydrogens is 539 g/mol. The van der Waals surface area contributed by atoms with Crippen molar-refractivity contribution >= 4 is 25.8 Å². The summed E-state index contributed by atoms with van der Waals surface area (Å²) in [6.07, 6.45) is 24.1. The molecule has 0 heterocycles. The van der Waals surface area contributed by atoms with E-state index in [4.69, 9.17) is 0 Å². The SMILES string of the molecule is CCCCCCc1cc(-c2cc(CCCCCC)c([Si](C)(C)C)cc2CCCCCC)c(CCCCCC)cc1B(O)O. The first-order valence-electron chi connectivity index (χ1n) is 18.4. The first kappa shape index (κ1) is 37.8. The van der Waals surface area contributed by atoms with Gasteiger partial charge in [0.25, 0.3) is 0 Å². The standard InChI is InChI=1S/C39H67BO2Si/c1-8-12-16-20-24-32-30-38(40(41)42)34(26-22-18-14-10-3)28-36(32)37-29-35(27-23-19-15-11-4)39(43(5,6)7)31-33(37)25-21-17-13-9-2/h28-31,41-42H,8-27H2,1-7H3. The van der Waals surface area contributed by atoms with Crippen molar-refractivity contribution in [1.82, 2.24) is 0 Å². The number of benzene rings is 2.